The lowest BCUT2D eigenvalue weighted by molar-refractivity contribution is 0.0222. The van der Waals surface area contributed by atoms with Gasteiger partial charge in [-0.3, -0.25) is 0 Å². The maximum atomic E-state index is 13.2. The average molecular weight is 503 g/mol. The largest absolute Gasteiger partial charge is 0.503 e. The summed E-state index contributed by atoms with van der Waals surface area (Å²) in [5.41, 5.74) is 0.972. The molecule has 5 rings (SSSR count). The first-order chi connectivity index (χ1) is 16.1. The summed E-state index contributed by atoms with van der Waals surface area (Å²) in [6.45, 7) is 4.07. The molecule has 1 spiro atoms. The Balaban J connectivity index is 1.97. The lowest BCUT2D eigenvalue weighted by atomic mass is 9.76. The fourth-order valence-electron chi connectivity index (χ4n) is 4.52. The van der Waals surface area contributed by atoms with Crippen molar-refractivity contribution in [1.29, 1.82) is 0 Å². The molecule has 2 aliphatic heterocycles. The molecular weight excluding hydrogens is 483 g/mol. The number of carbonyl (C=O) groups excluding carboxylic acids is 1. The van der Waals surface area contributed by atoms with Crippen molar-refractivity contribution in [3.8, 4) is 34.5 Å². The smallest absolute Gasteiger partial charge is 0.340 e. The third kappa shape index (κ3) is 2.80. The summed E-state index contributed by atoms with van der Waals surface area (Å²) in [6.07, 6.45) is 0. The Morgan fingerprint density at radius 1 is 0.882 bits per heavy atom. The third-order valence-electron chi connectivity index (χ3n) is 6.28. The van der Waals surface area contributed by atoms with Gasteiger partial charge >= 0.3 is 5.97 Å². The Morgan fingerprint density at radius 3 is 1.88 bits per heavy atom. The molecule has 7 nitrogen and oxygen atoms in total. The summed E-state index contributed by atoms with van der Waals surface area (Å²) in [4.78, 5) is 13.2. The monoisotopic (exact) mass is 502 g/mol. The maximum absolute atomic E-state index is 13.2. The number of ether oxygens (including phenoxy) is 4. The van der Waals surface area contributed by atoms with Crippen LogP contribution in [0.2, 0.25) is 10.0 Å². The molecule has 0 fully saturated rings. The highest BCUT2D eigenvalue weighted by Gasteiger charge is 2.56. The van der Waals surface area contributed by atoms with Crippen molar-refractivity contribution in [1.82, 2.24) is 0 Å². The van der Waals surface area contributed by atoms with Crippen LogP contribution < -0.4 is 14.2 Å². The van der Waals surface area contributed by atoms with Crippen LogP contribution in [0.5, 0.6) is 34.5 Å². The predicted octanol–water partition coefficient (Wildman–Crippen LogP) is 6.11. The highest BCUT2D eigenvalue weighted by atomic mass is 35.5. The summed E-state index contributed by atoms with van der Waals surface area (Å²) in [5.74, 6) is -0.924. The summed E-state index contributed by atoms with van der Waals surface area (Å²) in [6, 6.07) is 8.51. The van der Waals surface area contributed by atoms with Crippen LogP contribution in [0.15, 0.2) is 30.3 Å². The summed E-state index contributed by atoms with van der Waals surface area (Å²) in [7, 11) is 2.76. The number of phenols is 2. The molecule has 176 valence electrons. The number of hydrogen-bond acceptors (Lipinski definition) is 7. The van der Waals surface area contributed by atoms with Gasteiger partial charge in [-0.15, -0.1) is 0 Å². The first kappa shape index (κ1) is 22.5. The van der Waals surface area contributed by atoms with Crippen LogP contribution in [-0.4, -0.2) is 30.4 Å². The number of methoxy groups -OCH3 is 2. The Hall–Kier alpha value is -3.29. The van der Waals surface area contributed by atoms with Gasteiger partial charge in [0.05, 0.1) is 30.9 Å². The van der Waals surface area contributed by atoms with Gasteiger partial charge in [0.15, 0.2) is 40.1 Å². The zero-order valence-electron chi connectivity index (χ0n) is 18.7. The summed E-state index contributed by atoms with van der Waals surface area (Å²) in [5, 5.41) is 20.8. The van der Waals surface area contributed by atoms with Crippen molar-refractivity contribution >= 4 is 29.2 Å². The molecule has 2 aliphatic rings. The Labute approximate surface area is 205 Å². The van der Waals surface area contributed by atoms with Gasteiger partial charge in [0.1, 0.15) is 10.0 Å². The van der Waals surface area contributed by atoms with E-state index in [-0.39, 0.29) is 50.5 Å². The minimum atomic E-state index is -1.56. The number of carbonyl (C=O) groups is 1. The van der Waals surface area contributed by atoms with Gasteiger partial charge in [0.25, 0.3) is 0 Å². The molecule has 9 heteroatoms. The zero-order valence-corrected chi connectivity index (χ0v) is 20.2. The molecule has 2 N–H and O–H groups in total. The maximum Gasteiger partial charge on any atom is 0.340 e. The van der Waals surface area contributed by atoms with Gasteiger partial charge in [-0.25, -0.2) is 4.79 Å². The molecule has 3 aromatic rings. The molecule has 0 atom stereocenters. The molecule has 0 bridgehead atoms. The first-order valence-corrected chi connectivity index (χ1v) is 11.2. The predicted molar refractivity (Wildman–Crippen MR) is 125 cm³/mol. The van der Waals surface area contributed by atoms with E-state index in [1.54, 1.807) is 6.07 Å². The molecule has 0 saturated heterocycles. The quantitative estimate of drug-likeness (QED) is 0.417. The normalized spacial score (nSPS) is 14.9. The van der Waals surface area contributed by atoms with E-state index in [1.165, 1.54) is 26.4 Å². The van der Waals surface area contributed by atoms with Gasteiger partial charge in [-0.05, 0) is 35.7 Å². The van der Waals surface area contributed by atoms with E-state index in [0.29, 0.717) is 22.3 Å². The van der Waals surface area contributed by atoms with Gasteiger partial charge in [-0.1, -0.05) is 43.1 Å². The van der Waals surface area contributed by atoms with Crippen molar-refractivity contribution in [2.45, 2.75) is 25.4 Å². The average Bonchev–Trinajstić information content (AvgIpc) is 3.11. The molecular formula is C25H20Cl2O7. The molecule has 34 heavy (non-hydrogen) atoms. The van der Waals surface area contributed by atoms with E-state index in [1.807, 2.05) is 26.0 Å². The number of rotatable bonds is 3. The van der Waals surface area contributed by atoms with Crippen molar-refractivity contribution in [2.24, 2.45) is 0 Å². The van der Waals surface area contributed by atoms with Crippen molar-refractivity contribution < 1.29 is 34.0 Å². The van der Waals surface area contributed by atoms with Crippen LogP contribution in [0.25, 0.3) is 0 Å². The molecule has 0 aliphatic carbocycles. The van der Waals surface area contributed by atoms with Crippen LogP contribution in [0.1, 0.15) is 52.4 Å². The second kappa shape index (κ2) is 7.61. The topological polar surface area (TPSA) is 94.5 Å². The second-order valence-corrected chi connectivity index (χ2v) is 9.12. The van der Waals surface area contributed by atoms with Crippen LogP contribution in [0, 0.1) is 0 Å². The molecule has 0 unspecified atom stereocenters. The number of hydrogen-bond donors (Lipinski definition) is 2. The first-order valence-electron chi connectivity index (χ1n) is 10.4. The van der Waals surface area contributed by atoms with Gasteiger partial charge in [0, 0.05) is 5.56 Å². The lowest BCUT2D eigenvalue weighted by Crippen LogP contribution is -2.33. The van der Waals surface area contributed by atoms with Crippen molar-refractivity contribution in [2.75, 3.05) is 14.2 Å². The molecule has 3 aromatic carbocycles. The number of fused-ring (bicyclic) bond motifs is 6. The molecule has 2 heterocycles. The highest BCUT2D eigenvalue weighted by molar-refractivity contribution is 6.35. The second-order valence-electron chi connectivity index (χ2n) is 8.37. The van der Waals surface area contributed by atoms with Crippen molar-refractivity contribution in [3.63, 3.8) is 0 Å². The number of phenolic OH excluding ortho intramolecular Hbond substituents is 2. The minimum absolute atomic E-state index is 0.0227. The molecule has 0 radical (unpaired) electrons. The van der Waals surface area contributed by atoms with E-state index in [4.69, 9.17) is 42.1 Å². The van der Waals surface area contributed by atoms with Crippen LogP contribution >= 0.6 is 23.2 Å². The van der Waals surface area contributed by atoms with Crippen LogP contribution in [0.3, 0.4) is 0 Å². The van der Waals surface area contributed by atoms with Crippen molar-refractivity contribution in [3.05, 3.63) is 68.2 Å². The highest BCUT2D eigenvalue weighted by Crippen LogP contribution is 2.63. The number of aromatic hydroxyl groups is 2. The standard InChI is InChI=1S/C25H20Cl2O7/c1-10(2)11-5-6-12-13(7-11)25(34-24(12)30)14-8-16(31-3)20(28)18(26)22(14)33-23-15(25)9-17(32-4)21(29)19(23)27/h5-10,28-29H,1-4H3. The number of benzene rings is 3. The Morgan fingerprint density at radius 2 is 1.41 bits per heavy atom. The molecule has 0 aromatic heterocycles. The van der Waals surface area contributed by atoms with E-state index in [0.717, 1.165) is 5.56 Å². The summed E-state index contributed by atoms with van der Waals surface area (Å²) < 4.78 is 22.8. The third-order valence-corrected chi connectivity index (χ3v) is 6.98. The fourth-order valence-corrected chi connectivity index (χ4v) is 4.99. The molecule has 0 saturated carbocycles. The summed E-state index contributed by atoms with van der Waals surface area (Å²) >= 11 is 13.0. The number of halogens is 2. The van der Waals surface area contributed by atoms with Crippen LogP contribution in [0.4, 0.5) is 0 Å². The Bertz CT molecular complexity index is 1320. The van der Waals surface area contributed by atoms with Crippen LogP contribution in [-0.2, 0) is 10.3 Å². The molecule has 0 amide bonds. The SMILES string of the molecule is COc1cc2c(c(Cl)c1O)Oc1c(cc(OC)c(O)c1Cl)C21OC(=O)c2ccc(C(C)C)cc21. The van der Waals surface area contributed by atoms with E-state index in [9.17, 15) is 15.0 Å². The van der Waals surface area contributed by atoms with Gasteiger partial charge < -0.3 is 29.2 Å². The van der Waals surface area contributed by atoms with E-state index in [2.05, 4.69) is 0 Å². The van der Waals surface area contributed by atoms with E-state index >= 15 is 0 Å². The fraction of sp³-hybridized carbons (Fsp3) is 0.240. The van der Waals surface area contributed by atoms with Gasteiger partial charge in [-0.2, -0.15) is 0 Å². The van der Waals surface area contributed by atoms with Gasteiger partial charge in [0.2, 0.25) is 0 Å². The Kier molecular flexibility index (Phi) is 5.04. The lowest BCUT2D eigenvalue weighted by Gasteiger charge is -2.38. The zero-order chi connectivity index (χ0) is 24.5. The number of esters is 1. The van der Waals surface area contributed by atoms with E-state index < -0.39 is 11.6 Å². The minimum Gasteiger partial charge on any atom is -0.503 e.